The minimum atomic E-state index is 0.578. The first-order valence-corrected chi connectivity index (χ1v) is 21.1. The maximum atomic E-state index is 6.67. The molecule has 0 saturated heterocycles. The zero-order valence-corrected chi connectivity index (χ0v) is 33.7. The van der Waals surface area contributed by atoms with Crippen molar-refractivity contribution >= 4 is 65.7 Å². The number of para-hydroxylation sites is 2. The molecule has 6 heteroatoms. The van der Waals surface area contributed by atoms with E-state index < -0.39 is 0 Å². The van der Waals surface area contributed by atoms with E-state index in [2.05, 4.69) is 150 Å². The van der Waals surface area contributed by atoms with Crippen molar-refractivity contribution < 1.29 is 8.83 Å². The maximum absolute atomic E-state index is 6.67. The van der Waals surface area contributed by atoms with Crippen LogP contribution in [0.5, 0.6) is 0 Å². The third-order valence-electron chi connectivity index (χ3n) is 12.3. The fourth-order valence-electron chi connectivity index (χ4n) is 9.30. The van der Waals surface area contributed by atoms with E-state index in [1.165, 1.54) is 0 Å². The first kappa shape index (κ1) is 35.2. The smallest absolute Gasteiger partial charge is 0.164 e. The normalized spacial score (nSPS) is 11.8. The van der Waals surface area contributed by atoms with E-state index in [9.17, 15) is 0 Å². The van der Waals surface area contributed by atoms with Crippen LogP contribution in [0, 0.1) is 0 Å². The van der Waals surface area contributed by atoms with E-state index in [-0.39, 0.29) is 0 Å². The highest BCUT2D eigenvalue weighted by Gasteiger charge is 2.21. The number of furan rings is 2. The van der Waals surface area contributed by atoms with Gasteiger partial charge in [0.1, 0.15) is 22.3 Å². The highest BCUT2D eigenvalue weighted by molar-refractivity contribution is 6.24. The number of benzene rings is 9. The van der Waals surface area contributed by atoms with Crippen molar-refractivity contribution in [1.82, 2.24) is 19.5 Å². The molecule has 0 spiro atoms. The molecule has 13 rings (SSSR count). The first-order valence-electron chi connectivity index (χ1n) is 21.1. The summed E-state index contributed by atoms with van der Waals surface area (Å²) in [6.45, 7) is 0. The van der Waals surface area contributed by atoms with Gasteiger partial charge in [-0.15, -0.1) is 0 Å². The van der Waals surface area contributed by atoms with Gasteiger partial charge in [-0.2, -0.15) is 0 Å². The van der Waals surface area contributed by atoms with Gasteiger partial charge >= 0.3 is 0 Å². The molecule has 0 unspecified atom stereocenters. The van der Waals surface area contributed by atoms with E-state index in [1.807, 2.05) is 60.7 Å². The van der Waals surface area contributed by atoms with Crippen molar-refractivity contribution in [3.63, 3.8) is 0 Å². The molecule has 63 heavy (non-hydrogen) atoms. The lowest BCUT2D eigenvalue weighted by Gasteiger charge is -2.10. The van der Waals surface area contributed by atoms with Gasteiger partial charge in [0.15, 0.2) is 17.5 Å². The quantitative estimate of drug-likeness (QED) is 0.167. The summed E-state index contributed by atoms with van der Waals surface area (Å²) < 4.78 is 15.6. The van der Waals surface area contributed by atoms with Crippen LogP contribution in [0.2, 0.25) is 0 Å². The number of hydrogen-bond donors (Lipinski definition) is 0. The van der Waals surface area contributed by atoms with Crippen LogP contribution in [0.15, 0.2) is 215 Å². The average molecular weight is 807 g/mol. The lowest BCUT2D eigenvalue weighted by atomic mass is 9.99. The SMILES string of the molecule is c1ccc(-c2ccc(-c3nc(-c4ccccc4)nc(-c4cccc5oc6ccc(-c7ccc8c(c7)c7c9oc%10ccccc%10c9ccc7n8-c7ccccc7)cc6c45)n3)cc2)cc1. The van der Waals surface area contributed by atoms with Gasteiger partial charge in [0.2, 0.25) is 0 Å². The molecule has 0 fully saturated rings. The average Bonchev–Trinajstić information content (AvgIpc) is 4.04. The predicted molar refractivity (Wildman–Crippen MR) is 256 cm³/mol. The lowest BCUT2D eigenvalue weighted by Crippen LogP contribution is -2.00. The third kappa shape index (κ3) is 5.69. The second kappa shape index (κ2) is 14.0. The zero-order valence-electron chi connectivity index (χ0n) is 33.7. The van der Waals surface area contributed by atoms with Gasteiger partial charge in [0.05, 0.1) is 16.4 Å². The van der Waals surface area contributed by atoms with Crippen molar-refractivity contribution in [3.8, 4) is 62.1 Å². The van der Waals surface area contributed by atoms with Crippen LogP contribution in [-0.2, 0) is 0 Å². The lowest BCUT2D eigenvalue weighted by molar-refractivity contribution is 0.669. The van der Waals surface area contributed by atoms with Gasteiger partial charge in [-0.05, 0) is 82.9 Å². The number of nitrogens with zero attached hydrogens (tertiary/aromatic N) is 4. The van der Waals surface area contributed by atoms with Gasteiger partial charge < -0.3 is 13.4 Å². The summed E-state index contributed by atoms with van der Waals surface area (Å²) in [5, 5.41) is 6.38. The van der Waals surface area contributed by atoms with Crippen LogP contribution in [-0.4, -0.2) is 19.5 Å². The Bertz CT molecular complexity index is 3890. The molecule has 294 valence electrons. The summed E-state index contributed by atoms with van der Waals surface area (Å²) in [6, 6.07) is 71.5. The number of fused-ring (bicyclic) bond motifs is 10. The number of hydrogen-bond acceptors (Lipinski definition) is 5. The molecule has 4 aromatic heterocycles. The van der Waals surface area contributed by atoms with Crippen LogP contribution < -0.4 is 0 Å². The summed E-state index contributed by atoms with van der Waals surface area (Å²) in [5.74, 6) is 1.79. The van der Waals surface area contributed by atoms with Crippen LogP contribution in [0.1, 0.15) is 0 Å². The molecule has 0 radical (unpaired) electrons. The summed E-state index contributed by atoms with van der Waals surface area (Å²) in [7, 11) is 0. The zero-order chi connectivity index (χ0) is 41.4. The Hall–Kier alpha value is -8.61. The van der Waals surface area contributed by atoms with Crippen molar-refractivity contribution in [2.75, 3.05) is 0 Å². The topological polar surface area (TPSA) is 69.9 Å². The van der Waals surface area contributed by atoms with Crippen molar-refractivity contribution in [1.29, 1.82) is 0 Å². The van der Waals surface area contributed by atoms with Crippen molar-refractivity contribution in [3.05, 3.63) is 206 Å². The summed E-state index contributed by atoms with van der Waals surface area (Å²) in [6.07, 6.45) is 0. The minimum absolute atomic E-state index is 0.578. The fraction of sp³-hybridized carbons (Fsp3) is 0. The Morgan fingerprint density at radius 3 is 1.65 bits per heavy atom. The third-order valence-corrected chi connectivity index (χ3v) is 12.3. The standard InChI is InChI=1S/C57H34N4O2/c1-4-13-35(14-5-1)36-23-25-38(26-24-36)56-58-55(37-15-6-2-7-16-37)59-57(60-56)44-20-12-22-51-52(44)46-34-40(28-32-50(46)62-51)39-27-30-47-45(33-39)53-48(61(47)41-17-8-3-9-18-41)31-29-43-42-19-10-11-21-49(42)63-54(43)53/h1-34H. The number of rotatable bonds is 6. The van der Waals surface area contributed by atoms with Gasteiger partial charge in [0.25, 0.3) is 0 Å². The molecule has 9 aromatic carbocycles. The van der Waals surface area contributed by atoms with Gasteiger partial charge in [0, 0.05) is 49.3 Å². The highest BCUT2D eigenvalue weighted by atomic mass is 16.3. The Balaban J connectivity index is 0.991. The van der Waals surface area contributed by atoms with E-state index in [0.29, 0.717) is 17.5 Å². The highest BCUT2D eigenvalue weighted by Crippen LogP contribution is 2.43. The summed E-state index contributed by atoms with van der Waals surface area (Å²) in [5.41, 5.74) is 13.8. The molecule has 0 saturated carbocycles. The van der Waals surface area contributed by atoms with E-state index in [1.54, 1.807) is 0 Å². The molecule has 0 aliphatic heterocycles. The molecule has 0 N–H and O–H groups in total. The Kier molecular flexibility index (Phi) is 7.80. The van der Waals surface area contributed by atoms with Crippen molar-refractivity contribution in [2.24, 2.45) is 0 Å². The van der Waals surface area contributed by atoms with Crippen LogP contribution >= 0.6 is 0 Å². The van der Waals surface area contributed by atoms with Crippen LogP contribution in [0.25, 0.3) is 128 Å². The van der Waals surface area contributed by atoms with Gasteiger partial charge in [-0.25, -0.2) is 15.0 Å². The molecule has 6 nitrogen and oxygen atoms in total. The molecule has 0 atom stereocenters. The summed E-state index contributed by atoms with van der Waals surface area (Å²) >= 11 is 0. The molecule has 0 aliphatic rings. The maximum Gasteiger partial charge on any atom is 0.164 e. The molecule has 13 aromatic rings. The monoisotopic (exact) mass is 806 g/mol. The molecule has 0 aliphatic carbocycles. The van der Waals surface area contributed by atoms with Gasteiger partial charge in [-0.3, -0.25) is 0 Å². The van der Waals surface area contributed by atoms with E-state index >= 15 is 0 Å². The molecular formula is C57H34N4O2. The Morgan fingerprint density at radius 1 is 0.317 bits per heavy atom. The molecular weight excluding hydrogens is 773 g/mol. The van der Waals surface area contributed by atoms with Gasteiger partial charge in [-0.1, -0.05) is 146 Å². The fourth-order valence-corrected chi connectivity index (χ4v) is 9.30. The van der Waals surface area contributed by atoms with E-state index in [4.69, 9.17) is 23.8 Å². The largest absolute Gasteiger partial charge is 0.456 e. The summed E-state index contributed by atoms with van der Waals surface area (Å²) in [4.78, 5) is 15.3. The molecule has 4 heterocycles. The second-order valence-electron chi connectivity index (χ2n) is 15.9. The van der Waals surface area contributed by atoms with Crippen LogP contribution in [0.4, 0.5) is 0 Å². The Morgan fingerprint density at radius 2 is 0.873 bits per heavy atom. The number of aromatic nitrogens is 4. The Labute approximate surface area is 361 Å². The molecule has 0 amide bonds. The van der Waals surface area contributed by atoms with Crippen molar-refractivity contribution in [2.45, 2.75) is 0 Å². The predicted octanol–water partition coefficient (Wildman–Crippen LogP) is 15.1. The first-order chi connectivity index (χ1) is 31.2. The van der Waals surface area contributed by atoms with E-state index in [0.717, 1.165) is 110 Å². The second-order valence-corrected chi connectivity index (χ2v) is 15.9. The minimum Gasteiger partial charge on any atom is -0.456 e. The molecule has 0 bridgehead atoms. The van der Waals surface area contributed by atoms with Crippen LogP contribution in [0.3, 0.4) is 0 Å².